The third-order valence-electron chi connectivity index (χ3n) is 5.79. The van der Waals surface area contributed by atoms with Crippen LogP contribution in [0.3, 0.4) is 0 Å². The Morgan fingerprint density at radius 2 is 1.86 bits per heavy atom. The van der Waals surface area contributed by atoms with Gasteiger partial charge >= 0.3 is 0 Å². The molecule has 1 amide bonds. The molecule has 1 saturated heterocycles. The van der Waals surface area contributed by atoms with Crippen LogP contribution < -0.4 is 10.6 Å². The molecule has 1 atom stereocenters. The van der Waals surface area contributed by atoms with Crippen molar-refractivity contribution in [3.05, 3.63) is 35.9 Å². The molecule has 0 bridgehead atoms. The van der Waals surface area contributed by atoms with Crippen LogP contribution in [0.5, 0.6) is 0 Å². The SMILES string of the molecule is CN(C)C(=O)CN=C(NCC1CCOC1)NC1CCC(c2ccccc2)CC1.I. The van der Waals surface area contributed by atoms with Gasteiger partial charge in [0.15, 0.2) is 5.96 Å². The smallest absolute Gasteiger partial charge is 0.243 e. The van der Waals surface area contributed by atoms with E-state index in [9.17, 15) is 4.79 Å². The predicted molar refractivity (Wildman–Crippen MR) is 128 cm³/mol. The third-order valence-corrected chi connectivity index (χ3v) is 5.79. The lowest BCUT2D eigenvalue weighted by atomic mass is 9.82. The summed E-state index contributed by atoms with van der Waals surface area (Å²) in [5, 5.41) is 7.01. The van der Waals surface area contributed by atoms with E-state index < -0.39 is 0 Å². The van der Waals surface area contributed by atoms with Crippen molar-refractivity contribution < 1.29 is 9.53 Å². The van der Waals surface area contributed by atoms with Gasteiger partial charge in [0.2, 0.25) is 5.91 Å². The molecule has 1 unspecified atom stereocenters. The Balaban J connectivity index is 0.00000300. The van der Waals surface area contributed by atoms with Crippen molar-refractivity contribution in [2.24, 2.45) is 10.9 Å². The summed E-state index contributed by atoms with van der Waals surface area (Å²) in [5.74, 6) is 1.94. The van der Waals surface area contributed by atoms with Crippen molar-refractivity contribution in [3.8, 4) is 0 Å². The molecule has 162 valence electrons. The average Bonchev–Trinajstić information content (AvgIpc) is 3.24. The minimum Gasteiger partial charge on any atom is -0.381 e. The summed E-state index contributed by atoms with van der Waals surface area (Å²) in [5.41, 5.74) is 1.45. The molecule has 29 heavy (non-hydrogen) atoms. The molecule has 6 nitrogen and oxygen atoms in total. The number of carbonyl (C=O) groups excluding carboxylic acids is 1. The number of carbonyl (C=O) groups is 1. The van der Waals surface area contributed by atoms with Gasteiger partial charge in [0.25, 0.3) is 0 Å². The molecule has 1 saturated carbocycles. The number of nitrogens with zero attached hydrogens (tertiary/aromatic N) is 2. The lowest BCUT2D eigenvalue weighted by molar-refractivity contribution is -0.127. The van der Waals surface area contributed by atoms with Gasteiger partial charge in [-0.3, -0.25) is 4.79 Å². The highest BCUT2D eigenvalue weighted by Crippen LogP contribution is 2.32. The average molecular weight is 514 g/mol. The molecular weight excluding hydrogens is 479 g/mol. The number of nitrogens with one attached hydrogen (secondary N) is 2. The van der Waals surface area contributed by atoms with E-state index in [4.69, 9.17) is 4.74 Å². The Hall–Kier alpha value is -1.35. The highest BCUT2D eigenvalue weighted by atomic mass is 127. The van der Waals surface area contributed by atoms with Crippen LogP contribution in [0.15, 0.2) is 35.3 Å². The number of amides is 1. The van der Waals surface area contributed by atoms with Crippen LogP contribution in [-0.2, 0) is 9.53 Å². The maximum Gasteiger partial charge on any atom is 0.243 e. The molecular formula is C22H35IN4O2. The number of guanidine groups is 1. The van der Waals surface area contributed by atoms with E-state index in [-0.39, 0.29) is 36.4 Å². The number of ether oxygens (including phenoxy) is 1. The highest BCUT2D eigenvalue weighted by Gasteiger charge is 2.23. The molecule has 1 aromatic rings. The van der Waals surface area contributed by atoms with Gasteiger partial charge in [-0.2, -0.15) is 0 Å². The zero-order chi connectivity index (χ0) is 19.8. The van der Waals surface area contributed by atoms with E-state index in [0.717, 1.165) is 45.0 Å². The van der Waals surface area contributed by atoms with E-state index >= 15 is 0 Å². The Labute approximate surface area is 191 Å². The van der Waals surface area contributed by atoms with Crippen molar-refractivity contribution in [3.63, 3.8) is 0 Å². The second-order valence-corrected chi connectivity index (χ2v) is 8.17. The Morgan fingerprint density at radius 1 is 1.14 bits per heavy atom. The summed E-state index contributed by atoms with van der Waals surface area (Å²) < 4.78 is 5.46. The second-order valence-electron chi connectivity index (χ2n) is 8.17. The monoisotopic (exact) mass is 514 g/mol. The van der Waals surface area contributed by atoms with Crippen molar-refractivity contribution >= 4 is 35.8 Å². The first-order valence-electron chi connectivity index (χ1n) is 10.5. The van der Waals surface area contributed by atoms with E-state index in [1.54, 1.807) is 19.0 Å². The summed E-state index contributed by atoms with van der Waals surface area (Å²) >= 11 is 0. The normalized spacial score (nSPS) is 24.5. The molecule has 1 aliphatic carbocycles. The Kier molecular flexibility index (Phi) is 10.2. The summed E-state index contributed by atoms with van der Waals surface area (Å²) in [6.45, 7) is 2.65. The number of hydrogen-bond acceptors (Lipinski definition) is 3. The van der Waals surface area contributed by atoms with Gasteiger partial charge < -0.3 is 20.3 Å². The van der Waals surface area contributed by atoms with Gasteiger partial charge in [-0.05, 0) is 43.6 Å². The van der Waals surface area contributed by atoms with Crippen LogP contribution in [0.25, 0.3) is 0 Å². The van der Waals surface area contributed by atoms with Gasteiger partial charge in [0.1, 0.15) is 6.54 Å². The largest absolute Gasteiger partial charge is 0.381 e. The lowest BCUT2D eigenvalue weighted by Crippen LogP contribution is -2.46. The van der Waals surface area contributed by atoms with Gasteiger partial charge in [-0.15, -0.1) is 24.0 Å². The predicted octanol–water partition coefficient (Wildman–Crippen LogP) is 2.99. The number of aliphatic imine (C=N–C) groups is 1. The third kappa shape index (κ3) is 7.77. The van der Waals surface area contributed by atoms with E-state index in [1.165, 1.54) is 18.4 Å². The topological polar surface area (TPSA) is 66.0 Å². The fraction of sp³-hybridized carbons (Fsp3) is 0.636. The van der Waals surface area contributed by atoms with Crippen LogP contribution in [0, 0.1) is 5.92 Å². The van der Waals surface area contributed by atoms with Gasteiger partial charge in [-0.25, -0.2) is 4.99 Å². The van der Waals surface area contributed by atoms with Crippen LogP contribution in [0.1, 0.15) is 43.6 Å². The van der Waals surface area contributed by atoms with Crippen molar-refractivity contribution in [1.29, 1.82) is 0 Å². The van der Waals surface area contributed by atoms with Gasteiger partial charge in [-0.1, -0.05) is 30.3 Å². The van der Waals surface area contributed by atoms with E-state index in [2.05, 4.69) is 46.0 Å². The molecule has 2 aliphatic rings. The quantitative estimate of drug-likeness (QED) is 0.348. The standard InChI is InChI=1S/C22H34N4O2.HI/c1-26(2)21(27)15-24-22(23-14-17-12-13-28-16-17)25-20-10-8-19(9-11-20)18-6-4-3-5-7-18;/h3-7,17,19-20H,8-16H2,1-2H3,(H2,23,24,25);1H. The molecule has 2 fully saturated rings. The zero-order valence-corrected chi connectivity index (χ0v) is 19.9. The van der Waals surface area contributed by atoms with Crippen LogP contribution in [0.4, 0.5) is 0 Å². The first-order valence-corrected chi connectivity index (χ1v) is 10.5. The first-order chi connectivity index (χ1) is 13.6. The van der Waals surface area contributed by atoms with Crippen LogP contribution in [0.2, 0.25) is 0 Å². The molecule has 7 heteroatoms. The summed E-state index contributed by atoms with van der Waals surface area (Å²) in [4.78, 5) is 18.1. The van der Waals surface area contributed by atoms with Crippen molar-refractivity contribution in [2.45, 2.75) is 44.1 Å². The van der Waals surface area contributed by atoms with Gasteiger partial charge in [0.05, 0.1) is 6.61 Å². The van der Waals surface area contributed by atoms with Crippen LogP contribution >= 0.6 is 24.0 Å². The van der Waals surface area contributed by atoms with Gasteiger partial charge in [0, 0.05) is 39.2 Å². The summed E-state index contributed by atoms with van der Waals surface area (Å²) in [7, 11) is 3.53. The Morgan fingerprint density at radius 3 is 2.48 bits per heavy atom. The minimum atomic E-state index is 0. The maximum absolute atomic E-state index is 11.9. The zero-order valence-electron chi connectivity index (χ0n) is 17.6. The highest BCUT2D eigenvalue weighted by molar-refractivity contribution is 14.0. The molecule has 1 aromatic carbocycles. The molecule has 1 heterocycles. The molecule has 0 radical (unpaired) electrons. The van der Waals surface area contributed by atoms with Crippen LogP contribution in [-0.4, -0.2) is 63.2 Å². The fourth-order valence-electron chi connectivity index (χ4n) is 3.92. The molecule has 2 N–H and O–H groups in total. The first kappa shape index (κ1) is 23.9. The van der Waals surface area contributed by atoms with E-state index in [1.807, 2.05) is 0 Å². The fourth-order valence-corrected chi connectivity index (χ4v) is 3.92. The molecule has 0 aromatic heterocycles. The number of hydrogen-bond donors (Lipinski definition) is 2. The maximum atomic E-state index is 11.9. The number of benzene rings is 1. The van der Waals surface area contributed by atoms with E-state index in [0.29, 0.717) is 17.9 Å². The summed E-state index contributed by atoms with van der Waals surface area (Å²) in [6.07, 6.45) is 5.69. The molecule has 3 rings (SSSR count). The number of rotatable bonds is 6. The molecule has 1 aliphatic heterocycles. The second kappa shape index (κ2) is 12.4. The molecule has 0 spiro atoms. The minimum absolute atomic E-state index is 0. The van der Waals surface area contributed by atoms with Crippen molar-refractivity contribution in [2.75, 3.05) is 40.4 Å². The number of likely N-dealkylation sites (N-methyl/N-ethyl adjacent to an activating group) is 1. The lowest BCUT2D eigenvalue weighted by Gasteiger charge is -2.30. The number of halogens is 1. The summed E-state index contributed by atoms with van der Waals surface area (Å²) in [6, 6.07) is 11.2. The van der Waals surface area contributed by atoms with Crippen molar-refractivity contribution in [1.82, 2.24) is 15.5 Å². The Bertz CT molecular complexity index is 639.